The molecule has 3 aromatic rings. The maximum atomic E-state index is 12.7. The van der Waals surface area contributed by atoms with Crippen LogP contribution < -0.4 is 5.32 Å². The minimum Gasteiger partial charge on any atom is -0.322 e. The van der Waals surface area contributed by atoms with Gasteiger partial charge in [-0.1, -0.05) is 37.3 Å². The van der Waals surface area contributed by atoms with Crippen LogP contribution in [0, 0.1) is 0 Å². The minimum atomic E-state index is -3.26. The number of rotatable bonds is 6. The van der Waals surface area contributed by atoms with Gasteiger partial charge in [0.25, 0.3) is 5.91 Å². The first kappa shape index (κ1) is 18.8. The molecule has 0 atom stereocenters. The molecule has 1 amide bonds. The standard InChI is InChI=1S/C20H21N3O3S/c1-3-19-18(13-21-23(19)14-15-7-5-4-6-8-15)20(24)22-16-9-11-17(12-10-16)27(2,25)26/h4-13H,3,14H2,1-2H3,(H,22,24). The third-order valence-corrected chi connectivity index (χ3v) is 5.37. The van der Waals surface area contributed by atoms with Gasteiger partial charge in [0.15, 0.2) is 9.84 Å². The number of nitrogens with one attached hydrogen (secondary N) is 1. The second-order valence-electron chi connectivity index (χ2n) is 6.25. The van der Waals surface area contributed by atoms with Crippen molar-refractivity contribution >= 4 is 21.4 Å². The molecule has 0 saturated heterocycles. The number of nitrogens with zero attached hydrogens (tertiary/aromatic N) is 2. The largest absolute Gasteiger partial charge is 0.322 e. The number of amides is 1. The van der Waals surface area contributed by atoms with Crippen molar-refractivity contribution in [2.24, 2.45) is 0 Å². The first-order valence-corrected chi connectivity index (χ1v) is 10.5. The van der Waals surface area contributed by atoms with Crippen molar-refractivity contribution in [1.82, 2.24) is 9.78 Å². The highest BCUT2D eigenvalue weighted by Gasteiger charge is 2.17. The summed E-state index contributed by atoms with van der Waals surface area (Å²) >= 11 is 0. The van der Waals surface area contributed by atoms with Crippen LogP contribution in [0.3, 0.4) is 0 Å². The number of aromatic nitrogens is 2. The van der Waals surface area contributed by atoms with Gasteiger partial charge in [0.2, 0.25) is 0 Å². The Kier molecular flexibility index (Phi) is 5.41. The Bertz CT molecular complexity index is 1040. The highest BCUT2D eigenvalue weighted by molar-refractivity contribution is 7.90. The maximum Gasteiger partial charge on any atom is 0.259 e. The van der Waals surface area contributed by atoms with Crippen molar-refractivity contribution in [2.75, 3.05) is 11.6 Å². The van der Waals surface area contributed by atoms with Gasteiger partial charge in [-0.3, -0.25) is 9.48 Å². The van der Waals surface area contributed by atoms with Gasteiger partial charge < -0.3 is 5.32 Å². The molecule has 1 N–H and O–H groups in total. The predicted octanol–water partition coefficient (Wildman–Crippen LogP) is 3.15. The van der Waals surface area contributed by atoms with Crippen LogP contribution in [0.15, 0.2) is 65.7 Å². The van der Waals surface area contributed by atoms with Crippen molar-refractivity contribution < 1.29 is 13.2 Å². The Morgan fingerprint density at radius 2 is 1.74 bits per heavy atom. The lowest BCUT2D eigenvalue weighted by molar-refractivity contribution is 0.102. The van der Waals surface area contributed by atoms with E-state index in [0.717, 1.165) is 17.5 Å². The van der Waals surface area contributed by atoms with E-state index in [1.54, 1.807) is 18.3 Å². The summed E-state index contributed by atoms with van der Waals surface area (Å²) < 4.78 is 24.9. The third kappa shape index (κ3) is 4.43. The molecule has 0 spiro atoms. The molecule has 2 aromatic carbocycles. The second kappa shape index (κ2) is 7.75. The van der Waals surface area contributed by atoms with Crippen LogP contribution in [0.5, 0.6) is 0 Å². The van der Waals surface area contributed by atoms with Crippen LogP contribution in [0.4, 0.5) is 5.69 Å². The molecule has 0 fully saturated rings. The topological polar surface area (TPSA) is 81.1 Å². The number of carbonyl (C=O) groups excluding carboxylic acids is 1. The highest BCUT2D eigenvalue weighted by atomic mass is 32.2. The fourth-order valence-corrected chi connectivity index (χ4v) is 3.48. The van der Waals surface area contributed by atoms with Gasteiger partial charge in [-0.2, -0.15) is 5.10 Å². The van der Waals surface area contributed by atoms with Crippen LogP contribution >= 0.6 is 0 Å². The Hall–Kier alpha value is -2.93. The van der Waals surface area contributed by atoms with E-state index in [0.29, 0.717) is 24.2 Å². The molecular weight excluding hydrogens is 362 g/mol. The van der Waals surface area contributed by atoms with Crippen LogP contribution in [-0.2, 0) is 22.8 Å². The van der Waals surface area contributed by atoms with Crippen LogP contribution in [-0.4, -0.2) is 30.4 Å². The van der Waals surface area contributed by atoms with Crippen molar-refractivity contribution in [1.29, 1.82) is 0 Å². The van der Waals surface area contributed by atoms with E-state index in [-0.39, 0.29) is 10.8 Å². The van der Waals surface area contributed by atoms with E-state index < -0.39 is 9.84 Å². The molecular formula is C20H21N3O3S. The SMILES string of the molecule is CCc1c(C(=O)Nc2ccc(S(C)(=O)=O)cc2)cnn1Cc1ccccc1. The zero-order valence-corrected chi connectivity index (χ0v) is 16.0. The molecule has 0 unspecified atom stereocenters. The molecule has 3 rings (SSSR count). The van der Waals surface area contributed by atoms with Gasteiger partial charge in [0, 0.05) is 11.9 Å². The molecule has 0 aliphatic carbocycles. The molecule has 27 heavy (non-hydrogen) atoms. The molecule has 0 saturated carbocycles. The fourth-order valence-electron chi connectivity index (χ4n) is 2.85. The van der Waals surface area contributed by atoms with Crippen molar-refractivity contribution in [2.45, 2.75) is 24.8 Å². The molecule has 0 bridgehead atoms. The Morgan fingerprint density at radius 1 is 1.07 bits per heavy atom. The van der Waals surface area contributed by atoms with E-state index in [1.165, 1.54) is 12.1 Å². The van der Waals surface area contributed by atoms with Gasteiger partial charge in [0.05, 0.1) is 28.9 Å². The molecule has 0 aliphatic heterocycles. The summed E-state index contributed by atoms with van der Waals surface area (Å²) in [4.78, 5) is 12.9. The lowest BCUT2D eigenvalue weighted by Crippen LogP contribution is -2.15. The zero-order chi connectivity index (χ0) is 19.4. The smallest absolute Gasteiger partial charge is 0.259 e. The number of carbonyl (C=O) groups is 1. The summed E-state index contributed by atoms with van der Waals surface area (Å²) in [5, 5.41) is 7.17. The Labute approximate surface area is 158 Å². The zero-order valence-electron chi connectivity index (χ0n) is 15.2. The first-order chi connectivity index (χ1) is 12.9. The van der Waals surface area contributed by atoms with Crippen molar-refractivity contribution in [3.05, 3.63) is 77.6 Å². The summed E-state index contributed by atoms with van der Waals surface area (Å²) in [6.45, 7) is 2.58. The maximum absolute atomic E-state index is 12.7. The molecule has 0 aliphatic rings. The summed E-state index contributed by atoms with van der Waals surface area (Å²) in [6, 6.07) is 16.0. The Morgan fingerprint density at radius 3 is 2.33 bits per heavy atom. The van der Waals surface area contributed by atoms with E-state index in [2.05, 4.69) is 10.4 Å². The molecule has 1 heterocycles. The number of anilines is 1. The van der Waals surface area contributed by atoms with Gasteiger partial charge >= 0.3 is 0 Å². The minimum absolute atomic E-state index is 0.213. The summed E-state index contributed by atoms with van der Waals surface area (Å²) in [5.41, 5.74) is 3.01. The Balaban J connectivity index is 1.79. The van der Waals surface area contributed by atoms with E-state index >= 15 is 0 Å². The first-order valence-electron chi connectivity index (χ1n) is 8.58. The van der Waals surface area contributed by atoms with Crippen molar-refractivity contribution in [3.63, 3.8) is 0 Å². The second-order valence-corrected chi connectivity index (χ2v) is 8.27. The van der Waals surface area contributed by atoms with Gasteiger partial charge in [-0.25, -0.2) is 8.42 Å². The average molecular weight is 383 g/mol. The van der Waals surface area contributed by atoms with E-state index in [1.807, 2.05) is 41.9 Å². The van der Waals surface area contributed by atoms with E-state index in [4.69, 9.17) is 0 Å². The lowest BCUT2D eigenvalue weighted by Gasteiger charge is -2.09. The number of hydrogen-bond acceptors (Lipinski definition) is 4. The van der Waals surface area contributed by atoms with Crippen molar-refractivity contribution in [3.8, 4) is 0 Å². The van der Waals surface area contributed by atoms with Gasteiger partial charge in [-0.05, 0) is 36.2 Å². The lowest BCUT2D eigenvalue weighted by atomic mass is 10.1. The monoisotopic (exact) mass is 383 g/mol. The molecule has 6 nitrogen and oxygen atoms in total. The predicted molar refractivity (Wildman–Crippen MR) is 105 cm³/mol. The molecule has 140 valence electrons. The fraction of sp³-hybridized carbons (Fsp3) is 0.200. The average Bonchev–Trinajstić information content (AvgIpc) is 3.05. The number of sulfone groups is 1. The van der Waals surface area contributed by atoms with Crippen LogP contribution in [0.2, 0.25) is 0 Å². The molecule has 1 aromatic heterocycles. The molecule has 0 radical (unpaired) electrons. The van der Waals surface area contributed by atoms with Crippen LogP contribution in [0.25, 0.3) is 0 Å². The summed E-state index contributed by atoms with van der Waals surface area (Å²) in [5.74, 6) is -0.265. The number of hydrogen-bond donors (Lipinski definition) is 1. The summed E-state index contributed by atoms with van der Waals surface area (Å²) in [7, 11) is -3.26. The van der Waals surface area contributed by atoms with Gasteiger partial charge in [-0.15, -0.1) is 0 Å². The van der Waals surface area contributed by atoms with E-state index in [9.17, 15) is 13.2 Å². The highest BCUT2D eigenvalue weighted by Crippen LogP contribution is 2.17. The van der Waals surface area contributed by atoms with Crippen LogP contribution in [0.1, 0.15) is 28.5 Å². The normalized spacial score (nSPS) is 11.3. The quantitative estimate of drug-likeness (QED) is 0.709. The van der Waals surface area contributed by atoms with Gasteiger partial charge in [0.1, 0.15) is 0 Å². The number of benzene rings is 2. The molecule has 7 heteroatoms. The summed E-state index contributed by atoms with van der Waals surface area (Å²) in [6.07, 6.45) is 3.39. The third-order valence-electron chi connectivity index (χ3n) is 4.24.